The minimum atomic E-state index is 0. The molecule has 0 spiro atoms. The summed E-state index contributed by atoms with van der Waals surface area (Å²) in [6.45, 7) is 7.12. The zero-order chi connectivity index (χ0) is 36.8. The van der Waals surface area contributed by atoms with Crippen LogP contribution in [0.2, 0.25) is 0 Å². The second kappa shape index (κ2) is 20.8. The molecule has 0 saturated carbocycles. The van der Waals surface area contributed by atoms with E-state index in [0.717, 1.165) is 54.1 Å². The van der Waals surface area contributed by atoms with Gasteiger partial charge in [-0.2, -0.15) is 30.3 Å². The van der Waals surface area contributed by atoms with Crippen LogP contribution in [0.5, 0.6) is 17.2 Å². The molecule has 6 rings (SSSR count). The Kier molecular flexibility index (Phi) is 15.6. The van der Waals surface area contributed by atoms with Crippen LogP contribution in [0.1, 0.15) is 60.1 Å². The second-order valence-electron chi connectivity index (χ2n) is 13.0. The van der Waals surface area contributed by atoms with E-state index in [1.165, 1.54) is 39.0 Å². The minimum Gasteiger partial charge on any atom is -0.508 e. The summed E-state index contributed by atoms with van der Waals surface area (Å²) in [7, 11) is 2.09. The molecule has 0 aliphatic heterocycles. The predicted molar refractivity (Wildman–Crippen MR) is 220 cm³/mol. The summed E-state index contributed by atoms with van der Waals surface area (Å²) in [4.78, 5) is 2.22. The van der Waals surface area contributed by atoms with E-state index in [0.29, 0.717) is 13.2 Å². The Morgan fingerprint density at radius 1 is 0.500 bits per heavy atom. The van der Waals surface area contributed by atoms with E-state index in [1.807, 2.05) is 42.5 Å². The number of benzene rings is 6. The summed E-state index contributed by atoms with van der Waals surface area (Å²) in [6.07, 6.45) is 1.80. The van der Waals surface area contributed by atoms with E-state index in [1.54, 1.807) is 12.1 Å². The molecular formula is C49H48HoNO3-. The SMILES string of the molecule is CC/C(=C(\c1cc[c-]cc1)c1ccc(OCCN(C)CCOc2ccc(/C(=C(/CC)c3ccccc3)c3ccc(O)cc3)cc2)cc1)c1ccccc1.[Ho]. The van der Waals surface area contributed by atoms with Crippen LogP contribution in [-0.2, 0) is 0 Å². The van der Waals surface area contributed by atoms with Crippen molar-refractivity contribution in [3.63, 3.8) is 0 Å². The zero-order valence-corrected chi connectivity index (χ0v) is 33.2. The van der Waals surface area contributed by atoms with Gasteiger partial charge in [-0.1, -0.05) is 111 Å². The van der Waals surface area contributed by atoms with Crippen molar-refractivity contribution in [3.8, 4) is 17.2 Å². The molecule has 0 aliphatic carbocycles. The Hall–Kier alpha value is -4.58. The number of hydrogen-bond acceptors (Lipinski definition) is 4. The first kappa shape index (κ1) is 40.6. The van der Waals surface area contributed by atoms with Crippen LogP contribution in [0.4, 0.5) is 0 Å². The first-order valence-corrected chi connectivity index (χ1v) is 18.5. The molecule has 6 aromatic rings. The summed E-state index contributed by atoms with van der Waals surface area (Å²) in [5.41, 5.74) is 11.9. The smallest absolute Gasteiger partial charge is 0.119 e. The van der Waals surface area contributed by atoms with Crippen molar-refractivity contribution in [3.05, 3.63) is 197 Å². The molecule has 0 aromatic heterocycles. The third-order valence-corrected chi connectivity index (χ3v) is 9.49. The maximum atomic E-state index is 9.95. The number of rotatable bonds is 16. The predicted octanol–water partition coefficient (Wildman–Crippen LogP) is 11.3. The van der Waals surface area contributed by atoms with Gasteiger partial charge in [0, 0.05) is 50.8 Å². The van der Waals surface area contributed by atoms with Crippen LogP contribution in [0.25, 0.3) is 22.3 Å². The van der Waals surface area contributed by atoms with Gasteiger partial charge in [0.05, 0.1) is 0 Å². The Morgan fingerprint density at radius 2 is 0.870 bits per heavy atom. The summed E-state index contributed by atoms with van der Waals surface area (Å²) in [5.74, 6) is 1.95. The van der Waals surface area contributed by atoms with Gasteiger partial charge in [-0.3, -0.25) is 4.90 Å². The van der Waals surface area contributed by atoms with E-state index in [4.69, 9.17) is 9.47 Å². The molecule has 0 fully saturated rings. The van der Waals surface area contributed by atoms with Gasteiger partial charge in [0.15, 0.2) is 0 Å². The fourth-order valence-electron chi connectivity index (χ4n) is 6.73. The zero-order valence-electron chi connectivity index (χ0n) is 31.3. The van der Waals surface area contributed by atoms with Gasteiger partial charge < -0.3 is 14.6 Å². The standard InChI is InChI=1S/C49H48NO3.Ho/c1-4-46(37-15-9-6-10-16-37)48(39-19-13-8-14-20-39)41-23-29-44(30-24-41)52-35-33-50(3)34-36-53-45-31-25-42(26-32-45)49(40-21-27-43(51)28-22-40)47(5-2)38-17-11-7-12-18-38;/h6-7,9-32,51H,4-5,33-36H2,1-3H3;/q-1;/b48-46-,49-47-;. The summed E-state index contributed by atoms with van der Waals surface area (Å²) in [6, 6.07) is 56.8. The van der Waals surface area contributed by atoms with Crippen molar-refractivity contribution in [2.45, 2.75) is 26.7 Å². The topological polar surface area (TPSA) is 41.9 Å². The van der Waals surface area contributed by atoms with Crippen LogP contribution >= 0.6 is 0 Å². The monoisotopic (exact) mass is 863 g/mol. The fourth-order valence-corrected chi connectivity index (χ4v) is 6.73. The van der Waals surface area contributed by atoms with Gasteiger partial charge in [-0.25, -0.2) is 0 Å². The average molecular weight is 864 g/mol. The number of hydrogen-bond donors (Lipinski definition) is 1. The molecule has 0 unspecified atom stereocenters. The van der Waals surface area contributed by atoms with Crippen LogP contribution in [-0.4, -0.2) is 43.4 Å². The summed E-state index contributed by atoms with van der Waals surface area (Å²) < 4.78 is 12.3. The average Bonchev–Trinajstić information content (AvgIpc) is 3.21. The quantitative estimate of drug-likeness (QED) is 0.0598. The van der Waals surface area contributed by atoms with Gasteiger partial charge >= 0.3 is 0 Å². The van der Waals surface area contributed by atoms with Crippen molar-refractivity contribution < 1.29 is 52.3 Å². The number of phenolic OH excluding ortho intramolecular Hbond substituents is 1. The minimum absolute atomic E-state index is 0. The maximum Gasteiger partial charge on any atom is 0.119 e. The van der Waals surface area contributed by atoms with E-state index >= 15 is 0 Å². The molecular weight excluding hydrogens is 815 g/mol. The largest absolute Gasteiger partial charge is 0.508 e. The Bertz CT molecular complexity index is 2080. The number of allylic oxidation sites excluding steroid dienone is 2. The Labute approximate surface area is 351 Å². The van der Waals surface area contributed by atoms with E-state index in [2.05, 4.69) is 135 Å². The van der Waals surface area contributed by atoms with Gasteiger partial charge in [0.25, 0.3) is 0 Å². The molecule has 0 heterocycles. The van der Waals surface area contributed by atoms with Crippen molar-refractivity contribution >= 4 is 22.3 Å². The van der Waals surface area contributed by atoms with Crippen LogP contribution in [0, 0.1) is 43.8 Å². The number of nitrogens with zero attached hydrogens (tertiary/aromatic N) is 1. The van der Waals surface area contributed by atoms with Gasteiger partial charge in [-0.15, -0.1) is 5.56 Å². The molecule has 54 heavy (non-hydrogen) atoms. The molecule has 279 valence electrons. The Balaban J connectivity index is 0.00000561. The van der Waals surface area contributed by atoms with Crippen molar-refractivity contribution in [2.75, 3.05) is 33.4 Å². The normalized spacial score (nSPS) is 12.0. The molecule has 0 bridgehead atoms. The van der Waals surface area contributed by atoms with E-state index in [9.17, 15) is 5.11 Å². The molecule has 4 nitrogen and oxygen atoms in total. The van der Waals surface area contributed by atoms with E-state index in [-0.39, 0.29) is 43.5 Å². The van der Waals surface area contributed by atoms with Crippen molar-refractivity contribution in [2.24, 2.45) is 0 Å². The van der Waals surface area contributed by atoms with Crippen LogP contribution < -0.4 is 9.47 Å². The summed E-state index contributed by atoms with van der Waals surface area (Å²) >= 11 is 0. The second-order valence-corrected chi connectivity index (χ2v) is 13.0. The number of likely N-dealkylation sites (N-methyl/N-ethyl adjacent to an activating group) is 1. The van der Waals surface area contributed by atoms with Crippen LogP contribution in [0.3, 0.4) is 0 Å². The van der Waals surface area contributed by atoms with Crippen molar-refractivity contribution in [1.29, 1.82) is 0 Å². The van der Waals surface area contributed by atoms with Gasteiger partial charge in [-0.05, 0) is 106 Å². The number of aromatic hydroxyl groups is 1. The molecule has 5 heteroatoms. The van der Waals surface area contributed by atoms with Gasteiger partial charge in [0.2, 0.25) is 0 Å². The molecule has 1 N–H and O–H groups in total. The van der Waals surface area contributed by atoms with Crippen molar-refractivity contribution in [1.82, 2.24) is 4.90 Å². The Morgan fingerprint density at radius 3 is 1.26 bits per heavy atom. The maximum absolute atomic E-state index is 9.95. The molecule has 1 radical (unpaired) electrons. The molecule has 6 aromatic carbocycles. The number of ether oxygens (including phenoxy) is 2. The third kappa shape index (κ3) is 10.8. The van der Waals surface area contributed by atoms with Crippen LogP contribution in [0.15, 0.2) is 158 Å². The number of phenols is 1. The third-order valence-electron chi connectivity index (χ3n) is 9.49. The van der Waals surface area contributed by atoms with Gasteiger partial charge in [0.1, 0.15) is 30.5 Å². The first-order chi connectivity index (χ1) is 26.0. The fraction of sp³-hybridized carbons (Fsp3) is 0.184. The molecule has 0 aliphatic rings. The molecule has 0 saturated heterocycles. The molecule has 0 amide bonds. The van der Waals surface area contributed by atoms with E-state index < -0.39 is 0 Å². The first-order valence-electron chi connectivity index (χ1n) is 18.5. The summed E-state index contributed by atoms with van der Waals surface area (Å²) in [5, 5.41) is 9.95. The molecule has 0 atom stereocenters.